The molecule has 66 valence electrons. The van der Waals surface area contributed by atoms with E-state index in [4.69, 9.17) is 5.11 Å². The fourth-order valence-electron chi connectivity index (χ4n) is 1.18. The van der Waals surface area contributed by atoms with Gasteiger partial charge in [0.15, 0.2) is 5.69 Å². The lowest BCUT2D eigenvalue weighted by atomic mass is 10.2. The summed E-state index contributed by atoms with van der Waals surface area (Å²) in [5, 5.41) is 9.62. The summed E-state index contributed by atoms with van der Waals surface area (Å²) in [4.78, 5) is 17.4. The predicted octanol–water partition coefficient (Wildman–Crippen LogP) is 2.02. The molecule has 0 unspecified atom stereocenters. The number of fused-ring (bicyclic) bond motifs is 1. The number of nitrogens with one attached hydrogen (secondary N) is 1. The van der Waals surface area contributed by atoms with Gasteiger partial charge in [0, 0.05) is 22.3 Å². The van der Waals surface area contributed by atoms with Gasteiger partial charge in [0.05, 0.1) is 5.52 Å². The molecule has 13 heavy (non-hydrogen) atoms. The van der Waals surface area contributed by atoms with E-state index < -0.39 is 5.97 Å². The van der Waals surface area contributed by atoms with Crippen LogP contribution in [0.3, 0.4) is 0 Å². The lowest BCUT2D eigenvalue weighted by Gasteiger charge is -1.97. The van der Waals surface area contributed by atoms with Gasteiger partial charge >= 0.3 is 5.97 Å². The van der Waals surface area contributed by atoms with Crippen LogP contribution in [0.5, 0.6) is 0 Å². The molecule has 0 aliphatic carbocycles. The summed E-state index contributed by atoms with van der Waals surface area (Å²) in [5.74, 6) is -1.03. The highest BCUT2D eigenvalue weighted by Gasteiger charge is 2.12. The van der Waals surface area contributed by atoms with Crippen molar-refractivity contribution >= 4 is 32.8 Å². The maximum atomic E-state index is 10.7. The Labute approximate surface area is 81.7 Å². The number of aromatic amines is 1. The first kappa shape index (κ1) is 8.25. The quantitative estimate of drug-likeness (QED) is 0.802. The van der Waals surface area contributed by atoms with Crippen LogP contribution in [-0.2, 0) is 0 Å². The van der Waals surface area contributed by atoms with Crippen LogP contribution >= 0.6 is 15.9 Å². The number of aromatic carboxylic acids is 1. The molecule has 0 amide bonds. The maximum absolute atomic E-state index is 10.7. The molecule has 0 bridgehead atoms. The number of carboxylic acids is 1. The highest BCUT2D eigenvalue weighted by Crippen LogP contribution is 2.23. The third-order valence-electron chi connectivity index (χ3n) is 1.75. The Morgan fingerprint density at radius 3 is 3.08 bits per heavy atom. The van der Waals surface area contributed by atoms with Crippen molar-refractivity contribution in [3.63, 3.8) is 0 Å². The molecular weight excluding hydrogens is 236 g/mol. The Morgan fingerprint density at radius 2 is 2.38 bits per heavy atom. The van der Waals surface area contributed by atoms with Gasteiger partial charge in [0.1, 0.15) is 0 Å². The van der Waals surface area contributed by atoms with Crippen LogP contribution in [0.2, 0.25) is 0 Å². The van der Waals surface area contributed by atoms with E-state index in [0.717, 1.165) is 9.86 Å². The second-order valence-corrected chi connectivity index (χ2v) is 3.38. The maximum Gasteiger partial charge on any atom is 0.356 e. The van der Waals surface area contributed by atoms with Crippen LogP contribution in [0.25, 0.3) is 10.9 Å². The van der Waals surface area contributed by atoms with E-state index in [2.05, 4.69) is 25.9 Å². The Kier molecular flexibility index (Phi) is 1.81. The van der Waals surface area contributed by atoms with E-state index >= 15 is 0 Å². The Morgan fingerprint density at radius 1 is 1.62 bits per heavy atom. The molecule has 0 atom stereocenters. The van der Waals surface area contributed by atoms with Crippen LogP contribution in [0, 0.1) is 0 Å². The Hall–Kier alpha value is -1.36. The van der Waals surface area contributed by atoms with Crippen LogP contribution in [-0.4, -0.2) is 21.0 Å². The van der Waals surface area contributed by atoms with Crippen molar-refractivity contribution in [2.45, 2.75) is 0 Å². The number of hydrogen-bond acceptors (Lipinski definition) is 2. The molecule has 0 radical (unpaired) electrons. The first-order valence-corrected chi connectivity index (χ1v) is 4.34. The molecule has 0 saturated carbocycles. The van der Waals surface area contributed by atoms with Crippen molar-refractivity contribution in [1.82, 2.24) is 9.97 Å². The molecule has 0 aromatic carbocycles. The van der Waals surface area contributed by atoms with E-state index in [0.29, 0.717) is 5.52 Å². The fourth-order valence-corrected chi connectivity index (χ4v) is 1.61. The third-order valence-corrected chi connectivity index (χ3v) is 2.38. The molecule has 2 aromatic heterocycles. The molecule has 2 heterocycles. The van der Waals surface area contributed by atoms with Gasteiger partial charge in [-0.15, -0.1) is 0 Å². The van der Waals surface area contributed by atoms with Gasteiger partial charge in [-0.2, -0.15) is 0 Å². The van der Waals surface area contributed by atoms with Crippen LogP contribution < -0.4 is 0 Å². The minimum absolute atomic E-state index is 0.0446. The highest BCUT2D eigenvalue weighted by atomic mass is 79.9. The first-order chi connectivity index (χ1) is 6.20. The van der Waals surface area contributed by atoms with Crippen molar-refractivity contribution in [3.05, 3.63) is 28.6 Å². The molecular formula is C8H5BrN2O2. The van der Waals surface area contributed by atoms with Crippen molar-refractivity contribution in [1.29, 1.82) is 0 Å². The van der Waals surface area contributed by atoms with Crippen LogP contribution in [0.4, 0.5) is 0 Å². The molecule has 0 aliphatic rings. The molecule has 2 rings (SSSR count). The first-order valence-electron chi connectivity index (χ1n) is 3.55. The predicted molar refractivity (Wildman–Crippen MR) is 50.8 cm³/mol. The molecule has 0 aliphatic heterocycles. The molecule has 2 N–H and O–H groups in total. The molecule has 0 fully saturated rings. The lowest BCUT2D eigenvalue weighted by molar-refractivity contribution is 0.0692. The van der Waals surface area contributed by atoms with Gasteiger partial charge in [-0.25, -0.2) is 9.78 Å². The summed E-state index contributed by atoms with van der Waals surface area (Å²) in [6.07, 6.45) is 3.17. The van der Waals surface area contributed by atoms with E-state index in [9.17, 15) is 4.79 Å². The monoisotopic (exact) mass is 240 g/mol. The number of aromatic nitrogens is 2. The summed E-state index contributed by atoms with van der Waals surface area (Å²) in [7, 11) is 0. The summed E-state index contributed by atoms with van der Waals surface area (Å²) in [6.45, 7) is 0. The van der Waals surface area contributed by atoms with E-state index in [-0.39, 0.29) is 5.69 Å². The topological polar surface area (TPSA) is 66.0 Å². The summed E-state index contributed by atoms with van der Waals surface area (Å²) < 4.78 is 0.786. The number of halogens is 1. The number of hydrogen-bond donors (Lipinski definition) is 2. The normalized spacial score (nSPS) is 10.5. The fraction of sp³-hybridized carbons (Fsp3) is 0. The molecule has 4 nitrogen and oxygen atoms in total. The number of carbonyl (C=O) groups is 1. The number of pyridine rings is 1. The largest absolute Gasteiger partial charge is 0.476 e. The lowest BCUT2D eigenvalue weighted by Crippen LogP contribution is -2.00. The summed E-state index contributed by atoms with van der Waals surface area (Å²) in [5.41, 5.74) is 0.588. The number of carboxylic acid groups (broad SMARTS) is 1. The van der Waals surface area contributed by atoms with Gasteiger partial charge < -0.3 is 10.1 Å². The Bertz CT molecular complexity index is 478. The second kappa shape index (κ2) is 2.85. The summed E-state index contributed by atoms with van der Waals surface area (Å²) >= 11 is 3.28. The Balaban J connectivity index is 2.86. The van der Waals surface area contributed by atoms with Crippen molar-refractivity contribution < 1.29 is 9.90 Å². The SMILES string of the molecule is O=C(O)c1ncc(Br)c2cc[nH]c12. The number of rotatable bonds is 1. The number of nitrogens with zero attached hydrogens (tertiary/aromatic N) is 1. The minimum Gasteiger partial charge on any atom is -0.476 e. The molecule has 0 saturated heterocycles. The summed E-state index contributed by atoms with van der Waals surface area (Å²) in [6, 6.07) is 1.80. The van der Waals surface area contributed by atoms with E-state index in [1.54, 1.807) is 12.3 Å². The smallest absolute Gasteiger partial charge is 0.356 e. The van der Waals surface area contributed by atoms with E-state index in [1.807, 2.05) is 0 Å². The van der Waals surface area contributed by atoms with Crippen LogP contribution in [0.1, 0.15) is 10.5 Å². The standard InChI is InChI=1S/C8H5BrN2O2/c9-5-3-11-7(8(12)13)6-4(5)1-2-10-6/h1-3,10H,(H,12,13). The van der Waals surface area contributed by atoms with E-state index in [1.165, 1.54) is 6.20 Å². The minimum atomic E-state index is -1.03. The number of H-pyrrole nitrogens is 1. The second-order valence-electron chi connectivity index (χ2n) is 2.53. The third kappa shape index (κ3) is 1.21. The van der Waals surface area contributed by atoms with Gasteiger partial charge in [0.2, 0.25) is 0 Å². The molecule has 0 spiro atoms. The van der Waals surface area contributed by atoms with Crippen molar-refractivity contribution in [3.8, 4) is 0 Å². The highest BCUT2D eigenvalue weighted by molar-refractivity contribution is 9.10. The van der Waals surface area contributed by atoms with Gasteiger partial charge in [-0.1, -0.05) is 0 Å². The molecule has 2 aromatic rings. The van der Waals surface area contributed by atoms with Gasteiger partial charge in [-0.3, -0.25) is 0 Å². The van der Waals surface area contributed by atoms with Gasteiger partial charge in [-0.05, 0) is 22.0 Å². The zero-order chi connectivity index (χ0) is 9.42. The van der Waals surface area contributed by atoms with Gasteiger partial charge in [0.25, 0.3) is 0 Å². The van der Waals surface area contributed by atoms with Crippen molar-refractivity contribution in [2.75, 3.05) is 0 Å². The zero-order valence-electron chi connectivity index (χ0n) is 6.41. The van der Waals surface area contributed by atoms with Crippen LogP contribution in [0.15, 0.2) is 22.9 Å². The zero-order valence-corrected chi connectivity index (χ0v) is 8.00. The average molecular weight is 241 g/mol. The average Bonchev–Trinajstić information content (AvgIpc) is 2.53. The van der Waals surface area contributed by atoms with Crippen molar-refractivity contribution in [2.24, 2.45) is 0 Å². The molecule has 5 heteroatoms.